The van der Waals surface area contributed by atoms with Gasteiger partial charge in [0.15, 0.2) is 5.57 Å². The Morgan fingerprint density at radius 1 is 1.00 bits per heavy atom. The second-order valence-corrected chi connectivity index (χ2v) is 7.54. The highest BCUT2D eigenvalue weighted by atomic mass is 16.7. The molecule has 27 heavy (non-hydrogen) atoms. The summed E-state index contributed by atoms with van der Waals surface area (Å²) < 4.78 is 10.1. The summed E-state index contributed by atoms with van der Waals surface area (Å²) in [6.07, 6.45) is 1.33. The number of benzene rings is 1. The van der Waals surface area contributed by atoms with Gasteiger partial charge in [0.1, 0.15) is 0 Å². The van der Waals surface area contributed by atoms with Crippen LogP contribution in [0.15, 0.2) is 36.0 Å². The molecule has 2 aliphatic rings. The maximum absolute atomic E-state index is 11.9. The lowest BCUT2D eigenvalue weighted by Gasteiger charge is -2.38. The molecule has 0 bridgehead atoms. The zero-order valence-electron chi connectivity index (χ0n) is 16.3. The Kier molecular flexibility index (Phi) is 5.41. The third kappa shape index (κ3) is 4.60. The number of nitrogens with one attached hydrogen (secondary N) is 1. The van der Waals surface area contributed by atoms with Crippen LogP contribution in [0.2, 0.25) is 0 Å². The minimum absolute atomic E-state index is 0.150. The Morgan fingerprint density at radius 3 is 2.07 bits per heavy atom. The summed E-state index contributed by atoms with van der Waals surface area (Å²) in [7, 11) is 0. The number of anilines is 2. The molecule has 0 atom stereocenters. The number of nitrogens with zero attached hydrogens (tertiary/aromatic N) is 2. The quantitative estimate of drug-likeness (QED) is 0.493. The number of carbonyl (C=O) groups is 2. The van der Waals surface area contributed by atoms with Crippen molar-refractivity contribution in [2.24, 2.45) is 0 Å². The van der Waals surface area contributed by atoms with E-state index in [1.165, 1.54) is 20.0 Å². The molecular weight excluding hydrogens is 346 g/mol. The maximum Gasteiger partial charge on any atom is 0.350 e. The van der Waals surface area contributed by atoms with Crippen molar-refractivity contribution in [1.29, 1.82) is 0 Å². The van der Waals surface area contributed by atoms with E-state index in [0.717, 1.165) is 37.6 Å². The topological polar surface area (TPSA) is 71.1 Å². The monoisotopic (exact) mass is 373 g/mol. The number of esters is 2. The van der Waals surface area contributed by atoms with Gasteiger partial charge in [-0.1, -0.05) is 0 Å². The normalized spacial score (nSPS) is 20.3. The Balaban J connectivity index is 1.60. The highest BCUT2D eigenvalue weighted by Gasteiger charge is 2.38. The van der Waals surface area contributed by atoms with Gasteiger partial charge in [0.2, 0.25) is 0 Å². The maximum atomic E-state index is 11.9. The fourth-order valence-electron chi connectivity index (χ4n) is 3.20. The van der Waals surface area contributed by atoms with Gasteiger partial charge in [0.05, 0.1) is 0 Å². The summed E-state index contributed by atoms with van der Waals surface area (Å²) >= 11 is 0. The average Bonchev–Trinajstić information content (AvgIpc) is 2.60. The van der Waals surface area contributed by atoms with Gasteiger partial charge in [-0.3, -0.25) is 4.90 Å². The largest absolute Gasteiger partial charge is 0.419 e. The smallest absolute Gasteiger partial charge is 0.350 e. The number of cyclic esters (lactones) is 2. The highest BCUT2D eigenvalue weighted by Crippen LogP contribution is 2.24. The molecule has 0 radical (unpaired) electrons. The lowest BCUT2D eigenvalue weighted by Crippen LogP contribution is -2.48. The van der Waals surface area contributed by atoms with Crippen LogP contribution < -0.4 is 10.2 Å². The summed E-state index contributed by atoms with van der Waals surface area (Å²) in [5.41, 5.74) is 1.79. The van der Waals surface area contributed by atoms with Gasteiger partial charge in [-0.25, -0.2) is 9.59 Å². The zero-order chi connectivity index (χ0) is 19.6. The number of hydrogen-bond acceptors (Lipinski definition) is 7. The van der Waals surface area contributed by atoms with Crippen molar-refractivity contribution in [2.75, 3.05) is 36.4 Å². The molecule has 1 aromatic carbocycles. The minimum Gasteiger partial charge on any atom is -0.419 e. The predicted molar refractivity (Wildman–Crippen MR) is 103 cm³/mol. The number of ether oxygens (including phenoxy) is 2. The lowest BCUT2D eigenvalue weighted by molar-refractivity contribution is -0.222. The first kappa shape index (κ1) is 19.2. The molecule has 146 valence electrons. The van der Waals surface area contributed by atoms with Crippen LogP contribution in [0.1, 0.15) is 27.7 Å². The summed E-state index contributed by atoms with van der Waals surface area (Å²) in [4.78, 5) is 28.7. The second kappa shape index (κ2) is 7.60. The van der Waals surface area contributed by atoms with Crippen molar-refractivity contribution in [2.45, 2.75) is 39.5 Å². The van der Waals surface area contributed by atoms with Gasteiger partial charge in [-0.05, 0) is 38.1 Å². The fourth-order valence-corrected chi connectivity index (χ4v) is 3.20. The van der Waals surface area contributed by atoms with Crippen LogP contribution in [-0.4, -0.2) is 54.8 Å². The first-order valence-electron chi connectivity index (χ1n) is 9.27. The van der Waals surface area contributed by atoms with Gasteiger partial charge in [0, 0.05) is 63.6 Å². The minimum atomic E-state index is -1.23. The van der Waals surface area contributed by atoms with Gasteiger partial charge in [-0.2, -0.15) is 0 Å². The summed E-state index contributed by atoms with van der Waals surface area (Å²) in [6, 6.07) is 8.49. The van der Waals surface area contributed by atoms with Crippen molar-refractivity contribution in [3.8, 4) is 0 Å². The molecule has 7 nitrogen and oxygen atoms in total. The Morgan fingerprint density at radius 2 is 1.56 bits per heavy atom. The van der Waals surface area contributed by atoms with E-state index in [9.17, 15) is 9.59 Å². The standard InChI is InChI=1S/C20H27N3O4/c1-14(2)22-9-11-23(12-10-22)16-7-5-15(6-8-16)21-13-17-18(24)26-20(3,4)27-19(17)25/h5-8,13-14,21H,9-12H2,1-4H3. The zero-order valence-corrected chi connectivity index (χ0v) is 16.3. The van der Waals surface area contributed by atoms with Crippen molar-refractivity contribution >= 4 is 23.3 Å². The molecule has 3 rings (SSSR count). The van der Waals surface area contributed by atoms with Gasteiger partial charge >= 0.3 is 11.9 Å². The second-order valence-electron chi connectivity index (χ2n) is 7.54. The van der Waals surface area contributed by atoms with E-state index in [1.807, 2.05) is 24.3 Å². The molecule has 0 aromatic heterocycles. The van der Waals surface area contributed by atoms with Crippen molar-refractivity contribution in [3.63, 3.8) is 0 Å². The number of carbonyl (C=O) groups excluding carboxylic acids is 2. The van der Waals surface area contributed by atoms with E-state index in [-0.39, 0.29) is 5.57 Å². The molecule has 0 amide bonds. The van der Waals surface area contributed by atoms with Gasteiger partial charge in [0.25, 0.3) is 5.79 Å². The summed E-state index contributed by atoms with van der Waals surface area (Å²) in [6.45, 7) is 11.6. The van der Waals surface area contributed by atoms with Crippen molar-refractivity contribution in [1.82, 2.24) is 4.90 Å². The Hall–Kier alpha value is -2.54. The Bertz CT molecular complexity index is 710. The fraction of sp³-hybridized carbons (Fsp3) is 0.500. The molecular formula is C20H27N3O4. The van der Waals surface area contributed by atoms with E-state index in [4.69, 9.17) is 9.47 Å². The van der Waals surface area contributed by atoms with Crippen LogP contribution in [0.3, 0.4) is 0 Å². The average molecular weight is 373 g/mol. The van der Waals surface area contributed by atoms with Gasteiger partial charge < -0.3 is 19.7 Å². The van der Waals surface area contributed by atoms with E-state index >= 15 is 0 Å². The summed E-state index contributed by atoms with van der Waals surface area (Å²) in [5, 5.41) is 2.96. The highest BCUT2D eigenvalue weighted by molar-refractivity contribution is 6.15. The molecule has 7 heteroatoms. The number of hydrogen-bond donors (Lipinski definition) is 1. The van der Waals surface area contributed by atoms with Crippen LogP contribution in [0.4, 0.5) is 11.4 Å². The Labute approximate surface area is 159 Å². The molecule has 2 heterocycles. The molecule has 1 N–H and O–H groups in total. The molecule has 1 aromatic rings. The molecule has 2 saturated heterocycles. The van der Waals surface area contributed by atoms with Crippen LogP contribution in [0, 0.1) is 0 Å². The first-order chi connectivity index (χ1) is 12.7. The molecule has 2 fully saturated rings. The predicted octanol–water partition coefficient (Wildman–Crippen LogP) is 2.35. The van der Waals surface area contributed by atoms with E-state index in [0.29, 0.717) is 6.04 Å². The first-order valence-corrected chi connectivity index (χ1v) is 9.27. The van der Waals surface area contributed by atoms with Crippen LogP contribution in [0.5, 0.6) is 0 Å². The van der Waals surface area contributed by atoms with E-state index in [1.54, 1.807) is 0 Å². The number of rotatable bonds is 4. The van der Waals surface area contributed by atoms with Gasteiger partial charge in [-0.15, -0.1) is 0 Å². The van der Waals surface area contributed by atoms with E-state index < -0.39 is 17.7 Å². The SMILES string of the molecule is CC(C)N1CCN(c2ccc(NC=C3C(=O)OC(C)(C)OC3=O)cc2)CC1. The third-order valence-corrected chi connectivity index (χ3v) is 4.78. The third-order valence-electron chi connectivity index (χ3n) is 4.78. The lowest BCUT2D eigenvalue weighted by atomic mass is 10.2. The molecule has 0 spiro atoms. The summed E-state index contributed by atoms with van der Waals surface area (Å²) in [5.74, 6) is -2.61. The molecule has 2 aliphatic heterocycles. The van der Waals surface area contributed by atoms with Crippen molar-refractivity contribution in [3.05, 3.63) is 36.0 Å². The number of piperazine rings is 1. The van der Waals surface area contributed by atoms with E-state index in [2.05, 4.69) is 29.0 Å². The molecule has 0 unspecified atom stereocenters. The van der Waals surface area contributed by atoms with Crippen LogP contribution in [0.25, 0.3) is 0 Å². The molecule has 0 aliphatic carbocycles. The van der Waals surface area contributed by atoms with Crippen LogP contribution in [-0.2, 0) is 19.1 Å². The van der Waals surface area contributed by atoms with Crippen LogP contribution >= 0.6 is 0 Å². The van der Waals surface area contributed by atoms with Crippen molar-refractivity contribution < 1.29 is 19.1 Å². The molecule has 0 saturated carbocycles.